The van der Waals surface area contributed by atoms with Gasteiger partial charge < -0.3 is 5.32 Å². The number of aromatic nitrogens is 3. The maximum Gasteiger partial charge on any atom is 0.258 e. The smallest absolute Gasteiger partial charge is 0.258 e. The number of fused-ring (bicyclic) bond motifs is 1. The van der Waals surface area contributed by atoms with Crippen molar-refractivity contribution >= 4 is 46.7 Å². The number of nitrogens with one attached hydrogen (secondary N) is 2. The van der Waals surface area contributed by atoms with E-state index >= 15 is 0 Å². The minimum Gasteiger partial charge on any atom is -0.324 e. The van der Waals surface area contributed by atoms with E-state index in [2.05, 4.69) is 20.7 Å². The van der Waals surface area contributed by atoms with E-state index in [-0.39, 0.29) is 16.5 Å². The standard InChI is InChI=1S/C24H16Cl2FN5O/c25-16-9-4-8-15(12-16)22(33)29-23-30-24-28-19(14-6-2-1-3-7-14)13-20(32(24)31-23)21-17(26)10-5-11-18(21)27/h1-13,20H,(H2,28,29,30,31,33)/t20-/m1/s1. The molecule has 0 saturated heterocycles. The second-order valence-electron chi connectivity index (χ2n) is 7.32. The highest BCUT2D eigenvalue weighted by atomic mass is 35.5. The van der Waals surface area contributed by atoms with Crippen LogP contribution in [0.15, 0.2) is 78.9 Å². The molecule has 0 spiro atoms. The first-order chi connectivity index (χ1) is 16.0. The molecule has 0 radical (unpaired) electrons. The fourth-order valence-electron chi connectivity index (χ4n) is 3.63. The van der Waals surface area contributed by atoms with Gasteiger partial charge in [0.05, 0.1) is 0 Å². The summed E-state index contributed by atoms with van der Waals surface area (Å²) in [6.07, 6.45) is 1.82. The van der Waals surface area contributed by atoms with Crippen LogP contribution >= 0.6 is 23.2 Å². The highest BCUT2D eigenvalue weighted by Gasteiger charge is 2.29. The summed E-state index contributed by atoms with van der Waals surface area (Å²) in [5.41, 5.74) is 2.22. The van der Waals surface area contributed by atoms with Crippen LogP contribution in [-0.2, 0) is 0 Å². The molecule has 5 rings (SSSR count). The number of carbonyl (C=O) groups excluding carboxylic acids is 1. The van der Waals surface area contributed by atoms with Crippen LogP contribution in [0, 0.1) is 5.82 Å². The lowest BCUT2D eigenvalue weighted by molar-refractivity contribution is 0.102. The fourth-order valence-corrected chi connectivity index (χ4v) is 4.10. The maximum atomic E-state index is 14.9. The molecule has 1 atom stereocenters. The highest BCUT2D eigenvalue weighted by molar-refractivity contribution is 6.31. The van der Waals surface area contributed by atoms with Crippen LogP contribution in [0.5, 0.6) is 0 Å². The summed E-state index contributed by atoms with van der Waals surface area (Å²) in [6.45, 7) is 0. The number of halogens is 3. The molecule has 0 bridgehead atoms. The second-order valence-corrected chi connectivity index (χ2v) is 8.16. The van der Waals surface area contributed by atoms with Crippen molar-refractivity contribution in [2.24, 2.45) is 0 Å². The average Bonchev–Trinajstić information content (AvgIpc) is 3.22. The van der Waals surface area contributed by atoms with E-state index in [1.54, 1.807) is 36.4 Å². The van der Waals surface area contributed by atoms with Gasteiger partial charge in [-0.05, 0) is 42.0 Å². The Kier molecular flexibility index (Phi) is 5.58. The van der Waals surface area contributed by atoms with Crippen LogP contribution in [0.25, 0.3) is 5.70 Å². The van der Waals surface area contributed by atoms with E-state index in [1.165, 1.54) is 10.7 Å². The predicted octanol–water partition coefficient (Wildman–Crippen LogP) is 6.03. The minimum atomic E-state index is -0.686. The Bertz CT molecular complexity index is 1370. The summed E-state index contributed by atoms with van der Waals surface area (Å²) < 4.78 is 16.3. The first kappa shape index (κ1) is 21.2. The van der Waals surface area contributed by atoms with Gasteiger partial charge in [-0.15, -0.1) is 5.10 Å². The predicted molar refractivity (Wildman–Crippen MR) is 127 cm³/mol. The van der Waals surface area contributed by atoms with E-state index in [9.17, 15) is 9.18 Å². The molecule has 6 nitrogen and oxygen atoms in total. The number of hydrogen-bond acceptors (Lipinski definition) is 4. The number of rotatable bonds is 4. The zero-order valence-corrected chi connectivity index (χ0v) is 18.5. The Labute approximate surface area is 198 Å². The molecule has 2 N–H and O–H groups in total. The molecule has 0 aliphatic carbocycles. The van der Waals surface area contributed by atoms with Gasteiger partial charge in [-0.3, -0.25) is 10.1 Å². The number of amides is 1. The van der Waals surface area contributed by atoms with Gasteiger partial charge in [0.1, 0.15) is 11.9 Å². The van der Waals surface area contributed by atoms with Crippen molar-refractivity contribution in [3.63, 3.8) is 0 Å². The molecule has 0 unspecified atom stereocenters. The van der Waals surface area contributed by atoms with Gasteiger partial charge in [0.15, 0.2) is 0 Å². The maximum absolute atomic E-state index is 14.9. The molecule has 9 heteroatoms. The second kappa shape index (κ2) is 8.69. The molecule has 1 aliphatic heterocycles. The SMILES string of the molecule is O=C(Nc1nc2n(n1)[C@@H](c1c(F)cccc1Cl)C=C(c1ccccc1)N2)c1cccc(Cl)c1. The zero-order valence-electron chi connectivity index (χ0n) is 17.0. The third kappa shape index (κ3) is 4.20. The summed E-state index contributed by atoms with van der Waals surface area (Å²) in [4.78, 5) is 17.1. The molecule has 0 saturated carbocycles. The van der Waals surface area contributed by atoms with Crippen LogP contribution in [0.2, 0.25) is 10.0 Å². The highest BCUT2D eigenvalue weighted by Crippen LogP contribution is 2.37. The van der Waals surface area contributed by atoms with Gasteiger partial charge in [-0.25, -0.2) is 9.07 Å². The van der Waals surface area contributed by atoms with Gasteiger partial charge in [-0.1, -0.05) is 65.7 Å². The molecule has 33 heavy (non-hydrogen) atoms. The van der Waals surface area contributed by atoms with E-state index in [0.717, 1.165) is 5.56 Å². The van der Waals surface area contributed by atoms with Gasteiger partial charge >= 0.3 is 0 Å². The van der Waals surface area contributed by atoms with Crippen molar-refractivity contribution < 1.29 is 9.18 Å². The molecule has 2 heterocycles. The Morgan fingerprint density at radius 1 is 1.03 bits per heavy atom. The number of carbonyl (C=O) groups is 1. The molecular formula is C24H16Cl2FN5O. The summed E-state index contributed by atoms with van der Waals surface area (Å²) in [5.74, 6) is -0.495. The van der Waals surface area contributed by atoms with Crippen LogP contribution in [0.3, 0.4) is 0 Å². The van der Waals surface area contributed by atoms with Crippen molar-refractivity contribution in [3.8, 4) is 0 Å². The number of anilines is 2. The number of nitrogens with zero attached hydrogens (tertiary/aromatic N) is 3. The summed E-state index contributed by atoms with van der Waals surface area (Å²) in [6, 6.07) is 19.9. The molecule has 164 valence electrons. The third-order valence-electron chi connectivity index (χ3n) is 5.16. The van der Waals surface area contributed by atoms with Crippen LogP contribution in [-0.4, -0.2) is 20.7 Å². The molecule has 1 aliphatic rings. The van der Waals surface area contributed by atoms with Gasteiger partial charge in [0, 0.05) is 26.9 Å². The lowest BCUT2D eigenvalue weighted by Crippen LogP contribution is -2.21. The van der Waals surface area contributed by atoms with Crippen LogP contribution in [0.1, 0.15) is 27.5 Å². The molecule has 4 aromatic rings. The van der Waals surface area contributed by atoms with Gasteiger partial charge in [-0.2, -0.15) is 4.98 Å². The minimum absolute atomic E-state index is 0.0580. The Hall–Kier alpha value is -3.68. The van der Waals surface area contributed by atoms with Crippen molar-refractivity contribution in [2.45, 2.75) is 6.04 Å². The van der Waals surface area contributed by atoms with Crippen molar-refractivity contribution in [2.75, 3.05) is 10.6 Å². The first-order valence-electron chi connectivity index (χ1n) is 10.0. The van der Waals surface area contributed by atoms with Crippen molar-refractivity contribution in [1.82, 2.24) is 14.8 Å². The van der Waals surface area contributed by atoms with E-state index < -0.39 is 17.8 Å². The molecule has 1 amide bonds. The lowest BCUT2D eigenvalue weighted by Gasteiger charge is -2.25. The Morgan fingerprint density at radius 3 is 2.58 bits per heavy atom. The van der Waals surface area contributed by atoms with Crippen molar-refractivity contribution in [1.29, 1.82) is 0 Å². The van der Waals surface area contributed by atoms with E-state index in [4.69, 9.17) is 23.2 Å². The first-order valence-corrected chi connectivity index (χ1v) is 10.8. The monoisotopic (exact) mass is 479 g/mol. The number of allylic oxidation sites excluding steroid dienone is 1. The van der Waals surface area contributed by atoms with Crippen LogP contribution in [0.4, 0.5) is 16.3 Å². The van der Waals surface area contributed by atoms with Crippen molar-refractivity contribution in [3.05, 3.63) is 111 Å². The lowest BCUT2D eigenvalue weighted by atomic mass is 10.0. The summed E-state index contributed by atoms with van der Waals surface area (Å²) in [7, 11) is 0. The summed E-state index contributed by atoms with van der Waals surface area (Å²) in [5, 5.41) is 11.0. The largest absolute Gasteiger partial charge is 0.324 e. The van der Waals surface area contributed by atoms with E-state index in [0.29, 0.717) is 22.2 Å². The Balaban J connectivity index is 1.55. The third-order valence-corrected chi connectivity index (χ3v) is 5.72. The van der Waals surface area contributed by atoms with Gasteiger partial charge in [0.2, 0.25) is 5.95 Å². The van der Waals surface area contributed by atoms with E-state index in [1.807, 2.05) is 36.4 Å². The van der Waals surface area contributed by atoms with Gasteiger partial charge in [0.25, 0.3) is 11.9 Å². The molecule has 0 fully saturated rings. The molecule has 1 aromatic heterocycles. The average molecular weight is 480 g/mol. The number of hydrogen-bond donors (Lipinski definition) is 2. The quantitative estimate of drug-likeness (QED) is 0.374. The normalized spacial score (nSPS) is 14.8. The fraction of sp³-hybridized carbons (Fsp3) is 0.0417. The van der Waals surface area contributed by atoms with Crippen LogP contribution < -0.4 is 10.6 Å². The topological polar surface area (TPSA) is 71.8 Å². The zero-order chi connectivity index (χ0) is 22.9. The number of benzene rings is 3. The summed E-state index contributed by atoms with van der Waals surface area (Å²) >= 11 is 12.4. The Morgan fingerprint density at radius 2 is 1.82 bits per heavy atom. The molecule has 3 aromatic carbocycles. The molecular weight excluding hydrogens is 464 g/mol.